The van der Waals surface area contributed by atoms with Gasteiger partial charge in [-0.05, 0) is 46.5 Å². The van der Waals surface area contributed by atoms with Gasteiger partial charge in [-0.1, -0.05) is 60.1 Å². The molecule has 0 amide bonds. The predicted molar refractivity (Wildman–Crippen MR) is 84.2 cm³/mol. The van der Waals surface area contributed by atoms with Gasteiger partial charge in [0.25, 0.3) is 0 Å². The first-order valence-electron chi connectivity index (χ1n) is 6.58. The lowest BCUT2D eigenvalue weighted by atomic mass is 9.97. The molecule has 0 fully saturated rings. The quantitative estimate of drug-likeness (QED) is 0.710. The first kappa shape index (κ1) is 13.2. The van der Waals surface area contributed by atoms with E-state index < -0.39 is 6.10 Å². The Morgan fingerprint density at radius 3 is 2.25 bits per heavy atom. The highest BCUT2D eigenvalue weighted by molar-refractivity contribution is 6.31. The van der Waals surface area contributed by atoms with Crippen molar-refractivity contribution in [3.63, 3.8) is 0 Å². The number of fused-ring (bicyclic) bond motifs is 1. The second kappa shape index (κ2) is 5.28. The van der Waals surface area contributed by atoms with Crippen molar-refractivity contribution in [1.82, 2.24) is 0 Å². The van der Waals surface area contributed by atoms with E-state index in [1.54, 1.807) is 0 Å². The summed E-state index contributed by atoms with van der Waals surface area (Å²) in [7, 11) is 0. The lowest BCUT2D eigenvalue weighted by Gasteiger charge is -2.13. The number of hydrogen-bond acceptors (Lipinski definition) is 1. The summed E-state index contributed by atoms with van der Waals surface area (Å²) in [5.41, 5.74) is 2.73. The van der Waals surface area contributed by atoms with E-state index in [0.717, 1.165) is 27.1 Å². The molecule has 0 aliphatic carbocycles. The van der Waals surface area contributed by atoms with Crippen LogP contribution in [-0.2, 0) is 0 Å². The summed E-state index contributed by atoms with van der Waals surface area (Å²) in [4.78, 5) is 0. The molecular formula is C18H15ClO. The molecule has 20 heavy (non-hydrogen) atoms. The zero-order valence-electron chi connectivity index (χ0n) is 11.2. The summed E-state index contributed by atoms with van der Waals surface area (Å²) in [6.45, 7) is 1.94. The minimum absolute atomic E-state index is 0.629. The Morgan fingerprint density at radius 2 is 1.50 bits per heavy atom. The molecule has 0 spiro atoms. The van der Waals surface area contributed by atoms with E-state index in [-0.39, 0.29) is 0 Å². The molecular weight excluding hydrogens is 268 g/mol. The van der Waals surface area contributed by atoms with Gasteiger partial charge in [0.05, 0.1) is 0 Å². The molecule has 0 saturated heterocycles. The third kappa shape index (κ3) is 2.43. The Bertz CT molecular complexity index is 764. The average Bonchev–Trinajstić information content (AvgIpc) is 2.49. The van der Waals surface area contributed by atoms with Crippen LogP contribution in [0.2, 0.25) is 5.02 Å². The molecule has 1 unspecified atom stereocenters. The second-order valence-electron chi connectivity index (χ2n) is 5.02. The SMILES string of the molecule is Cc1cc(C(O)c2ccc3ccccc3c2)ccc1Cl. The minimum Gasteiger partial charge on any atom is -0.384 e. The van der Waals surface area contributed by atoms with Crippen molar-refractivity contribution in [3.8, 4) is 0 Å². The maximum absolute atomic E-state index is 10.5. The molecule has 0 aliphatic rings. The summed E-state index contributed by atoms with van der Waals surface area (Å²) in [6, 6.07) is 19.8. The highest BCUT2D eigenvalue weighted by atomic mass is 35.5. The number of hydrogen-bond donors (Lipinski definition) is 1. The Morgan fingerprint density at radius 1 is 0.850 bits per heavy atom. The van der Waals surface area contributed by atoms with Crippen LogP contribution in [0.1, 0.15) is 22.8 Å². The van der Waals surface area contributed by atoms with Gasteiger partial charge in [0.15, 0.2) is 0 Å². The molecule has 3 aromatic rings. The smallest absolute Gasteiger partial charge is 0.104 e. The minimum atomic E-state index is -0.629. The Hall–Kier alpha value is -1.83. The Kier molecular flexibility index (Phi) is 3.47. The topological polar surface area (TPSA) is 20.2 Å². The summed E-state index contributed by atoms with van der Waals surface area (Å²) in [6.07, 6.45) is -0.629. The van der Waals surface area contributed by atoms with Crippen LogP contribution in [0.4, 0.5) is 0 Å². The number of benzene rings is 3. The van der Waals surface area contributed by atoms with Crippen molar-refractivity contribution < 1.29 is 5.11 Å². The molecule has 0 bridgehead atoms. The average molecular weight is 283 g/mol. The van der Waals surface area contributed by atoms with E-state index in [4.69, 9.17) is 11.6 Å². The zero-order chi connectivity index (χ0) is 14.1. The molecule has 1 nitrogen and oxygen atoms in total. The van der Waals surface area contributed by atoms with Crippen molar-refractivity contribution >= 4 is 22.4 Å². The monoisotopic (exact) mass is 282 g/mol. The van der Waals surface area contributed by atoms with Gasteiger partial charge in [-0.15, -0.1) is 0 Å². The summed E-state index contributed by atoms with van der Waals surface area (Å²) >= 11 is 6.03. The first-order chi connectivity index (χ1) is 9.65. The van der Waals surface area contributed by atoms with Crippen LogP contribution >= 0.6 is 11.6 Å². The van der Waals surface area contributed by atoms with Gasteiger partial charge in [0.1, 0.15) is 6.10 Å². The number of aliphatic hydroxyl groups is 1. The Balaban J connectivity index is 2.02. The highest BCUT2D eigenvalue weighted by Gasteiger charge is 2.11. The van der Waals surface area contributed by atoms with Crippen molar-refractivity contribution in [1.29, 1.82) is 0 Å². The van der Waals surface area contributed by atoms with Gasteiger partial charge < -0.3 is 5.11 Å². The summed E-state index contributed by atoms with van der Waals surface area (Å²) in [5.74, 6) is 0. The zero-order valence-corrected chi connectivity index (χ0v) is 11.9. The molecule has 3 rings (SSSR count). The fourth-order valence-electron chi connectivity index (χ4n) is 2.41. The molecule has 0 saturated carbocycles. The molecule has 1 atom stereocenters. The van der Waals surface area contributed by atoms with Crippen LogP contribution in [-0.4, -0.2) is 5.11 Å². The fraction of sp³-hybridized carbons (Fsp3) is 0.111. The summed E-state index contributed by atoms with van der Waals surface area (Å²) in [5, 5.41) is 13.6. The second-order valence-corrected chi connectivity index (χ2v) is 5.42. The van der Waals surface area contributed by atoms with Crippen LogP contribution in [0.15, 0.2) is 60.7 Å². The van der Waals surface area contributed by atoms with Gasteiger partial charge >= 0.3 is 0 Å². The van der Waals surface area contributed by atoms with Crippen LogP contribution < -0.4 is 0 Å². The number of rotatable bonds is 2. The van der Waals surface area contributed by atoms with Gasteiger partial charge in [0, 0.05) is 5.02 Å². The van der Waals surface area contributed by atoms with Crippen LogP contribution in [0, 0.1) is 6.92 Å². The lowest BCUT2D eigenvalue weighted by molar-refractivity contribution is 0.220. The van der Waals surface area contributed by atoms with E-state index in [2.05, 4.69) is 12.1 Å². The van der Waals surface area contributed by atoms with E-state index in [1.807, 2.05) is 55.5 Å². The standard InChI is InChI=1S/C18H15ClO/c1-12-10-15(8-9-17(12)19)18(20)16-7-6-13-4-2-3-5-14(13)11-16/h2-11,18,20H,1H3. The number of aliphatic hydroxyl groups excluding tert-OH is 1. The molecule has 0 heterocycles. The molecule has 0 aliphatic heterocycles. The lowest BCUT2D eigenvalue weighted by Crippen LogP contribution is -2.00. The van der Waals surface area contributed by atoms with Crippen LogP contribution in [0.5, 0.6) is 0 Å². The molecule has 3 aromatic carbocycles. The van der Waals surface area contributed by atoms with Crippen molar-refractivity contribution in [2.45, 2.75) is 13.0 Å². The summed E-state index contributed by atoms with van der Waals surface area (Å²) < 4.78 is 0. The van der Waals surface area contributed by atoms with Crippen LogP contribution in [0.25, 0.3) is 10.8 Å². The first-order valence-corrected chi connectivity index (χ1v) is 6.96. The van der Waals surface area contributed by atoms with Crippen LogP contribution in [0.3, 0.4) is 0 Å². The largest absolute Gasteiger partial charge is 0.384 e. The van der Waals surface area contributed by atoms with Gasteiger partial charge in [-0.2, -0.15) is 0 Å². The third-order valence-electron chi connectivity index (χ3n) is 3.59. The van der Waals surface area contributed by atoms with E-state index in [9.17, 15) is 5.11 Å². The molecule has 100 valence electrons. The van der Waals surface area contributed by atoms with E-state index in [1.165, 1.54) is 5.39 Å². The van der Waals surface area contributed by atoms with Gasteiger partial charge in [-0.25, -0.2) is 0 Å². The molecule has 2 heteroatoms. The highest BCUT2D eigenvalue weighted by Crippen LogP contribution is 2.27. The van der Waals surface area contributed by atoms with Gasteiger partial charge in [0.2, 0.25) is 0 Å². The number of aryl methyl sites for hydroxylation is 1. The maximum Gasteiger partial charge on any atom is 0.104 e. The van der Waals surface area contributed by atoms with Crippen molar-refractivity contribution in [2.75, 3.05) is 0 Å². The maximum atomic E-state index is 10.5. The fourth-order valence-corrected chi connectivity index (χ4v) is 2.53. The third-order valence-corrected chi connectivity index (χ3v) is 4.01. The predicted octanol–water partition coefficient (Wildman–Crippen LogP) is 4.88. The van der Waals surface area contributed by atoms with Crippen molar-refractivity contribution in [2.24, 2.45) is 0 Å². The Labute approximate surface area is 123 Å². The van der Waals surface area contributed by atoms with Gasteiger partial charge in [-0.3, -0.25) is 0 Å². The van der Waals surface area contributed by atoms with E-state index >= 15 is 0 Å². The van der Waals surface area contributed by atoms with E-state index in [0.29, 0.717) is 0 Å². The molecule has 0 radical (unpaired) electrons. The molecule has 1 N–H and O–H groups in total. The normalized spacial score (nSPS) is 12.6. The van der Waals surface area contributed by atoms with Crippen molar-refractivity contribution in [3.05, 3.63) is 82.4 Å². The number of halogens is 1. The molecule has 0 aromatic heterocycles.